The summed E-state index contributed by atoms with van der Waals surface area (Å²) in [6, 6.07) is 7.57. The fraction of sp³-hybridized carbons (Fsp3) is 0.467. The summed E-state index contributed by atoms with van der Waals surface area (Å²) in [6.45, 7) is -1.77. The third kappa shape index (κ3) is 4.95. The minimum Gasteiger partial charge on any atom is -0.388 e. The monoisotopic (exact) mass is 330 g/mol. The molecule has 1 aliphatic carbocycles. The molecular weight excluding hydrogens is 313 g/mol. The second-order valence-corrected chi connectivity index (χ2v) is 5.65. The lowest BCUT2D eigenvalue weighted by Gasteiger charge is -2.33. The van der Waals surface area contributed by atoms with Gasteiger partial charge in [0.15, 0.2) is 0 Å². The molecule has 1 aromatic rings. The molecular formula is C15H17F3N2O3. The highest BCUT2D eigenvalue weighted by Crippen LogP contribution is 2.28. The summed E-state index contributed by atoms with van der Waals surface area (Å²) < 4.78 is 35.9. The number of aliphatic hydroxyl groups is 1. The number of benzene rings is 1. The van der Waals surface area contributed by atoms with Gasteiger partial charge >= 0.3 is 18.0 Å². The third-order valence-corrected chi connectivity index (χ3v) is 3.73. The van der Waals surface area contributed by atoms with E-state index in [1.165, 1.54) is 5.32 Å². The summed E-state index contributed by atoms with van der Waals surface area (Å²) in [5, 5.41) is 14.2. The van der Waals surface area contributed by atoms with Gasteiger partial charge in [0.25, 0.3) is 0 Å². The first-order valence-corrected chi connectivity index (χ1v) is 7.10. The Morgan fingerprint density at radius 1 is 1.13 bits per heavy atom. The number of hydrogen-bond acceptors (Lipinski definition) is 3. The van der Waals surface area contributed by atoms with E-state index in [4.69, 9.17) is 0 Å². The van der Waals surface area contributed by atoms with E-state index in [2.05, 4.69) is 5.32 Å². The largest absolute Gasteiger partial charge is 0.405 e. The van der Waals surface area contributed by atoms with E-state index >= 15 is 0 Å². The Labute approximate surface area is 130 Å². The number of hydrogen-bond donors (Lipinski definition) is 3. The van der Waals surface area contributed by atoms with Crippen LogP contribution in [0.25, 0.3) is 0 Å². The molecule has 1 atom stereocenters. The predicted octanol–water partition coefficient (Wildman–Crippen LogP) is 0.701. The van der Waals surface area contributed by atoms with E-state index in [9.17, 15) is 27.9 Å². The van der Waals surface area contributed by atoms with Gasteiger partial charge in [-0.2, -0.15) is 13.2 Å². The Morgan fingerprint density at radius 3 is 2.39 bits per heavy atom. The van der Waals surface area contributed by atoms with Gasteiger partial charge < -0.3 is 15.7 Å². The van der Waals surface area contributed by atoms with Crippen LogP contribution in [-0.4, -0.2) is 41.8 Å². The number of carbonyl (C=O) groups is 2. The zero-order valence-corrected chi connectivity index (χ0v) is 12.2. The number of alkyl halides is 3. The van der Waals surface area contributed by atoms with Crippen molar-refractivity contribution in [1.29, 1.82) is 0 Å². The van der Waals surface area contributed by atoms with Crippen LogP contribution in [0.3, 0.4) is 0 Å². The highest BCUT2D eigenvalue weighted by atomic mass is 19.4. The molecule has 0 saturated heterocycles. The third-order valence-electron chi connectivity index (χ3n) is 3.73. The van der Waals surface area contributed by atoms with Crippen LogP contribution in [0.15, 0.2) is 24.3 Å². The molecule has 1 aliphatic rings. The van der Waals surface area contributed by atoms with Crippen molar-refractivity contribution in [3.05, 3.63) is 35.4 Å². The smallest absolute Gasteiger partial charge is 0.388 e. The molecule has 5 nitrogen and oxygen atoms in total. The molecule has 2 rings (SSSR count). The van der Waals surface area contributed by atoms with Crippen LogP contribution in [0.1, 0.15) is 17.5 Å². The molecule has 0 aliphatic heterocycles. The zero-order chi connectivity index (χ0) is 17.1. The quantitative estimate of drug-likeness (QED) is 0.714. The highest BCUT2D eigenvalue weighted by Gasteiger charge is 2.33. The fourth-order valence-corrected chi connectivity index (χ4v) is 2.52. The van der Waals surface area contributed by atoms with Gasteiger partial charge in [0.05, 0.1) is 5.60 Å². The van der Waals surface area contributed by atoms with Crippen LogP contribution in [0, 0.1) is 0 Å². The van der Waals surface area contributed by atoms with Gasteiger partial charge in [-0.25, -0.2) is 0 Å². The fourth-order valence-electron chi connectivity index (χ4n) is 2.52. The van der Waals surface area contributed by atoms with Crippen LogP contribution in [0.4, 0.5) is 13.2 Å². The normalized spacial score (nSPS) is 20.5. The summed E-state index contributed by atoms with van der Waals surface area (Å²) in [5.41, 5.74) is 0.859. The Bertz CT molecular complexity index is 604. The molecule has 0 saturated carbocycles. The second-order valence-electron chi connectivity index (χ2n) is 5.65. The van der Waals surface area contributed by atoms with Crippen LogP contribution < -0.4 is 10.6 Å². The van der Waals surface area contributed by atoms with Crippen molar-refractivity contribution in [3.63, 3.8) is 0 Å². The van der Waals surface area contributed by atoms with E-state index in [1.54, 1.807) is 0 Å². The summed E-state index contributed by atoms with van der Waals surface area (Å²) in [4.78, 5) is 22.7. The lowest BCUT2D eigenvalue weighted by atomic mass is 9.80. The molecule has 0 fully saturated rings. The highest BCUT2D eigenvalue weighted by molar-refractivity contribution is 6.35. The number of aryl methyl sites for hydroxylation is 1. The molecule has 23 heavy (non-hydrogen) atoms. The standard InChI is InChI=1S/C15H17F3N2O3/c16-15(17,18)9-20-13(22)12(21)19-8-14(23)6-5-10-3-1-2-4-11(10)7-14/h1-4,23H,5-9H2,(H,19,21)(H,20,22)/t14-/m1/s1. The van der Waals surface area contributed by atoms with Gasteiger partial charge in [0.1, 0.15) is 6.54 Å². The molecule has 0 unspecified atom stereocenters. The Morgan fingerprint density at radius 2 is 1.74 bits per heavy atom. The van der Waals surface area contributed by atoms with Gasteiger partial charge in [0.2, 0.25) is 0 Å². The van der Waals surface area contributed by atoms with Crippen molar-refractivity contribution in [2.45, 2.75) is 31.0 Å². The van der Waals surface area contributed by atoms with Crippen molar-refractivity contribution in [3.8, 4) is 0 Å². The molecule has 2 amide bonds. The molecule has 0 radical (unpaired) electrons. The average Bonchev–Trinajstić information content (AvgIpc) is 2.49. The summed E-state index contributed by atoms with van der Waals surface area (Å²) in [6.07, 6.45) is -3.24. The van der Waals surface area contributed by atoms with E-state index < -0.39 is 30.1 Å². The van der Waals surface area contributed by atoms with Crippen LogP contribution >= 0.6 is 0 Å². The van der Waals surface area contributed by atoms with Crippen LogP contribution in [0.5, 0.6) is 0 Å². The average molecular weight is 330 g/mol. The number of nitrogens with one attached hydrogen (secondary N) is 2. The summed E-state index contributed by atoms with van der Waals surface area (Å²) in [5.74, 6) is -2.57. The van der Waals surface area contributed by atoms with Gasteiger partial charge in [-0.1, -0.05) is 24.3 Å². The number of carbonyl (C=O) groups excluding carboxylic acids is 2. The van der Waals surface area contributed by atoms with Gasteiger partial charge in [0, 0.05) is 13.0 Å². The van der Waals surface area contributed by atoms with Gasteiger partial charge in [-0.3, -0.25) is 9.59 Å². The van der Waals surface area contributed by atoms with Gasteiger partial charge in [-0.05, 0) is 24.0 Å². The van der Waals surface area contributed by atoms with Crippen molar-refractivity contribution in [1.82, 2.24) is 10.6 Å². The minimum atomic E-state index is -4.58. The maximum absolute atomic E-state index is 12.0. The SMILES string of the molecule is O=C(NCC(F)(F)F)C(=O)NC[C@@]1(O)CCc2ccccc2C1. The van der Waals surface area contributed by atoms with E-state index in [1.807, 2.05) is 24.3 Å². The van der Waals surface area contributed by atoms with Gasteiger partial charge in [-0.15, -0.1) is 0 Å². The lowest BCUT2D eigenvalue weighted by molar-refractivity contribution is -0.146. The molecule has 0 bridgehead atoms. The van der Waals surface area contributed by atoms with E-state index in [0.717, 1.165) is 11.1 Å². The molecule has 8 heteroatoms. The molecule has 0 aromatic heterocycles. The zero-order valence-electron chi connectivity index (χ0n) is 12.2. The van der Waals surface area contributed by atoms with E-state index in [0.29, 0.717) is 19.3 Å². The molecule has 3 N–H and O–H groups in total. The van der Waals surface area contributed by atoms with Crippen molar-refractivity contribution in [2.24, 2.45) is 0 Å². The van der Waals surface area contributed by atoms with Crippen LogP contribution in [0.2, 0.25) is 0 Å². The first-order chi connectivity index (χ1) is 10.7. The van der Waals surface area contributed by atoms with Crippen molar-refractivity contribution >= 4 is 11.8 Å². The predicted molar refractivity (Wildman–Crippen MR) is 75.5 cm³/mol. The molecule has 1 aromatic carbocycles. The Kier molecular flexibility index (Phi) is 4.93. The maximum Gasteiger partial charge on any atom is 0.405 e. The maximum atomic E-state index is 12.0. The number of fused-ring (bicyclic) bond motifs is 1. The topological polar surface area (TPSA) is 78.4 Å². The number of halogens is 3. The molecule has 0 heterocycles. The number of amides is 2. The molecule has 126 valence electrons. The first-order valence-electron chi connectivity index (χ1n) is 7.10. The molecule has 0 spiro atoms. The number of rotatable bonds is 3. The van der Waals surface area contributed by atoms with E-state index in [-0.39, 0.29) is 6.54 Å². The van der Waals surface area contributed by atoms with Crippen molar-refractivity contribution < 1.29 is 27.9 Å². The first kappa shape index (κ1) is 17.3. The Balaban J connectivity index is 1.86. The van der Waals surface area contributed by atoms with Crippen LogP contribution in [-0.2, 0) is 22.4 Å². The summed E-state index contributed by atoms with van der Waals surface area (Å²) in [7, 11) is 0. The second kappa shape index (κ2) is 6.57. The Hall–Kier alpha value is -2.09. The van der Waals surface area contributed by atoms with Crippen molar-refractivity contribution in [2.75, 3.05) is 13.1 Å². The lowest BCUT2D eigenvalue weighted by Crippen LogP contribution is -2.50. The summed E-state index contributed by atoms with van der Waals surface area (Å²) >= 11 is 0. The minimum absolute atomic E-state index is 0.195.